The number of H-pyrrole nitrogens is 1. The third-order valence-corrected chi connectivity index (χ3v) is 5.94. The summed E-state index contributed by atoms with van der Waals surface area (Å²) in [6.45, 7) is 0. The lowest BCUT2D eigenvalue weighted by molar-refractivity contribution is -0.119. The average molecular weight is 397 g/mol. The van der Waals surface area contributed by atoms with Crippen LogP contribution >= 0.6 is 0 Å². The van der Waals surface area contributed by atoms with Gasteiger partial charge in [-0.2, -0.15) is 0 Å². The summed E-state index contributed by atoms with van der Waals surface area (Å²) in [5.74, 6) is 1.28. The highest BCUT2D eigenvalue weighted by atomic mass is 16.2. The van der Waals surface area contributed by atoms with E-state index in [1.165, 1.54) is 17.7 Å². The molecular formula is C23H19N5O2. The molecule has 3 heterocycles. The zero-order valence-corrected chi connectivity index (χ0v) is 16.1. The maximum Gasteiger partial charge on any atom is 0.329 e. The van der Waals surface area contributed by atoms with E-state index in [0.717, 1.165) is 40.3 Å². The molecule has 6 rings (SSSR count). The van der Waals surface area contributed by atoms with Gasteiger partial charge in [0.05, 0.1) is 17.6 Å². The van der Waals surface area contributed by atoms with Crippen molar-refractivity contribution in [3.63, 3.8) is 0 Å². The molecule has 148 valence electrons. The summed E-state index contributed by atoms with van der Waals surface area (Å²) in [5.41, 5.74) is 5.35. The smallest absolute Gasteiger partial charge is 0.329 e. The number of aromatic amines is 1. The third kappa shape index (κ3) is 2.74. The molecule has 7 nitrogen and oxygen atoms in total. The summed E-state index contributed by atoms with van der Waals surface area (Å²) in [7, 11) is 0. The quantitative estimate of drug-likeness (QED) is 0.652. The number of carbonyl (C=O) groups excluding carboxylic acids is 2. The number of amides is 3. The van der Waals surface area contributed by atoms with Crippen molar-refractivity contribution in [1.29, 1.82) is 0 Å². The number of nitrogens with zero attached hydrogens (tertiary/aromatic N) is 3. The molecule has 7 heteroatoms. The van der Waals surface area contributed by atoms with E-state index in [1.807, 2.05) is 54.9 Å². The van der Waals surface area contributed by atoms with Gasteiger partial charge in [-0.25, -0.2) is 9.78 Å². The molecule has 3 amide bonds. The van der Waals surface area contributed by atoms with Gasteiger partial charge in [-0.3, -0.25) is 20.0 Å². The molecule has 1 atom stereocenters. The molecule has 30 heavy (non-hydrogen) atoms. The zero-order chi connectivity index (χ0) is 20.2. The molecule has 1 saturated carbocycles. The Hall–Kier alpha value is -3.74. The highest BCUT2D eigenvalue weighted by molar-refractivity contribution is 6.14. The molecule has 2 N–H and O–H groups in total. The molecular weight excluding hydrogens is 378 g/mol. The van der Waals surface area contributed by atoms with Gasteiger partial charge in [0, 0.05) is 24.2 Å². The number of nitrogens with one attached hydrogen (secondary N) is 2. The topological polar surface area (TPSA) is 90.4 Å². The first-order chi connectivity index (χ1) is 14.7. The van der Waals surface area contributed by atoms with Crippen LogP contribution in [0.5, 0.6) is 0 Å². The molecule has 1 aromatic heterocycles. The molecule has 0 radical (unpaired) electrons. The van der Waals surface area contributed by atoms with Gasteiger partial charge in [-0.05, 0) is 41.7 Å². The van der Waals surface area contributed by atoms with Gasteiger partial charge in [-0.1, -0.05) is 30.3 Å². The standard InChI is InChI=1S/C23H19N5O2/c29-22-20(28(23(30)27-22)17-8-7-14-9-10-24-18(14)11-17)15-3-1-13(2-4-15)19-12-25-21(26-19)16-5-6-16/h1-4,7-8,10-12,16,20H,5-6,9H2,(H,25,26)(H,27,29,30). The van der Waals surface area contributed by atoms with Crippen LogP contribution in [0.25, 0.3) is 11.3 Å². The summed E-state index contributed by atoms with van der Waals surface area (Å²) < 4.78 is 0. The van der Waals surface area contributed by atoms with Gasteiger partial charge in [0.25, 0.3) is 5.91 Å². The summed E-state index contributed by atoms with van der Waals surface area (Å²) in [6.07, 6.45) is 6.89. The number of rotatable bonds is 4. The summed E-state index contributed by atoms with van der Waals surface area (Å²) >= 11 is 0. The van der Waals surface area contributed by atoms with Gasteiger partial charge in [0.1, 0.15) is 11.9 Å². The Kier molecular flexibility index (Phi) is 3.65. The summed E-state index contributed by atoms with van der Waals surface area (Å²) in [5, 5.41) is 2.44. The number of anilines is 1. The predicted molar refractivity (Wildman–Crippen MR) is 113 cm³/mol. The molecule has 1 unspecified atom stereocenters. The number of imidazole rings is 1. The highest BCUT2D eigenvalue weighted by Crippen LogP contribution is 2.39. The number of urea groups is 1. The average Bonchev–Trinajstić information content (AvgIpc) is 3.18. The van der Waals surface area contributed by atoms with Crippen LogP contribution in [-0.4, -0.2) is 28.1 Å². The van der Waals surface area contributed by atoms with E-state index in [9.17, 15) is 9.59 Å². The Morgan fingerprint density at radius 2 is 1.87 bits per heavy atom. The SMILES string of the molecule is O=C1NC(=O)N(c2ccc3c(c2)N=CC3)C1c1ccc(-c2cnc(C3CC3)[nH]2)cc1. The van der Waals surface area contributed by atoms with Crippen molar-refractivity contribution in [3.05, 3.63) is 65.6 Å². The molecule has 2 aliphatic heterocycles. The highest BCUT2D eigenvalue weighted by Gasteiger charge is 2.40. The van der Waals surface area contributed by atoms with E-state index in [0.29, 0.717) is 11.6 Å². The fourth-order valence-electron chi connectivity index (χ4n) is 4.17. The molecule has 3 aliphatic rings. The maximum absolute atomic E-state index is 12.6. The van der Waals surface area contributed by atoms with Crippen molar-refractivity contribution in [2.75, 3.05) is 4.90 Å². The molecule has 1 saturated heterocycles. The van der Waals surface area contributed by atoms with Crippen molar-refractivity contribution in [2.45, 2.75) is 31.2 Å². The van der Waals surface area contributed by atoms with Crippen LogP contribution in [-0.2, 0) is 11.2 Å². The van der Waals surface area contributed by atoms with Crippen molar-refractivity contribution >= 4 is 29.5 Å². The number of carbonyl (C=O) groups is 2. The molecule has 0 spiro atoms. The number of aromatic nitrogens is 2. The van der Waals surface area contributed by atoms with Gasteiger partial charge in [-0.15, -0.1) is 0 Å². The number of hydrogen-bond acceptors (Lipinski definition) is 4. The maximum atomic E-state index is 12.6. The van der Waals surface area contributed by atoms with Crippen LogP contribution < -0.4 is 10.2 Å². The van der Waals surface area contributed by atoms with Gasteiger partial charge < -0.3 is 4.98 Å². The minimum atomic E-state index is -0.709. The van der Waals surface area contributed by atoms with E-state index in [-0.39, 0.29) is 5.91 Å². The van der Waals surface area contributed by atoms with Crippen LogP contribution in [0, 0.1) is 0 Å². The Bertz CT molecular complexity index is 1210. The van der Waals surface area contributed by atoms with Gasteiger partial charge in [0.15, 0.2) is 0 Å². The first kappa shape index (κ1) is 17.1. The van der Waals surface area contributed by atoms with E-state index in [1.54, 1.807) is 0 Å². The third-order valence-electron chi connectivity index (χ3n) is 5.94. The van der Waals surface area contributed by atoms with Crippen LogP contribution in [0.4, 0.5) is 16.2 Å². The fourth-order valence-corrected chi connectivity index (χ4v) is 4.17. The van der Waals surface area contributed by atoms with E-state index in [2.05, 4.69) is 20.3 Å². The minimum Gasteiger partial charge on any atom is -0.342 e. The number of aliphatic imine (C=N–C) groups is 1. The molecule has 1 aliphatic carbocycles. The van der Waals surface area contributed by atoms with Crippen LogP contribution in [0.2, 0.25) is 0 Å². The van der Waals surface area contributed by atoms with Gasteiger partial charge >= 0.3 is 6.03 Å². The lowest BCUT2D eigenvalue weighted by Gasteiger charge is -2.22. The number of hydrogen-bond donors (Lipinski definition) is 2. The van der Waals surface area contributed by atoms with Crippen molar-refractivity contribution < 1.29 is 9.59 Å². The number of imide groups is 1. The second-order valence-corrected chi connectivity index (χ2v) is 7.97. The van der Waals surface area contributed by atoms with Crippen LogP contribution in [0.3, 0.4) is 0 Å². The second-order valence-electron chi connectivity index (χ2n) is 7.97. The normalized spacial score (nSPS) is 20.0. The first-order valence-electron chi connectivity index (χ1n) is 10.1. The summed E-state index contributed by atoms with van der Waals surface area (Å²) in [4.78, 5) is 38.9. The Labute approximate surface area is 172 Å². The van der Waals surface area contributed by atoms with E-state index >= 15 is 0 Å². The number of benzene rings is 2. The minimum absolute atomic E-state index is 0.325. The van der Waals surface area contributed by atoms with E-state index < -0.39 is 12.1 Å². The Morgan fingerprint density at radius 3 is 2.67 bits per heavy atom. The Morgan fingerprint density at radius 1 is 1.03 bits per heavy atom. The summed E-state index contributed by atoms with van der Waals surface area (Å²) in [6, 6.07) is 12.3. The predicted octanol–water partition coefficient (Wildman–Crippen LogP) is 4.01. The van der Waals surface area contributed by atoms with Crippen molar-refractivity contribution in [3.8, 4) is 11.3 Å². The molecule has 2 fully saturated rings. The van der Waals surface area contributed by atoms with Crippen molar-refractivity contribution in [2.24, 2.45) is 4.99 Å². The molecule has 3 aromatic rings. The zero-order valence-electron chi connectivity index (χ0n) is 16.1. The fraction of sp³-hybridized carbons (Fsp3) is 0.217. The largest absolute Gasteiger partial charge is 0.342 e. The molecule has 0 bridgehead atoms. The van der Waals surface area contributed by atoms with E-state index in [4.69, 9.17) is 0 Å². The molecule has 2 aromatic carbocycles. The second kappa shape index (κ2) is 6.38. The van der Waals surface area contributed by atoms with Crippen molar-refractivity contribution in [1.82, 2.24) is 15.3 Å². The first-order valence-corrected chi connectivity index (χ1v) is 10.1. The van der Waals surface area contributed by atoms with Crippen LogP contribution in [0.15, 0.2) is 53.7 Å². The lowest BCUT2D eigenvalue weighted by Crippen LogP contribution is -2.29. The monoisotopic (exact) mass is 397 g/mol. The van der Waals surface area contributed by atoms with Crippen LogP contribution in [0.1, 0.15) is 41.8 Å². The number of fused-ring (bicyclic) bond motifs is 1. The lowest BCUT2D eigenvalue weighted by atomic mass is 10.0. The Balaban J connectivity index is 1.32. The van der Waals surface area contributed by atoms with Gasteiger partial charge in [0.2, 0.25) is 0 Å².